The quantitative estimate of drug-likeness (QED) is 0.183. The van der Waals surface area contributed by atoms with Crippen molar-refractivity contribution in [2.75, 3.05) is 0 Å². The SMILES string of the molecule is C#Cc1ccc(CC2CCC(C(C(=C)CCc3ccccc3CC)c3ccc(C4=CC(C)C=C4)cc3)CC2)cc1. The molecule has 0 radical (unpaired) electrons. The number of aryl methyl sites for hydroxylation is 2. The number of hydrogen-bond acceptors (Lipinski definition) is 0. The second kappa shape index (κ2) is 13.2. The van der Waals surface area contributed by atoms with E-state index in [-0.39, 0.29) is 0 Å². The smallest absolute Gasteiger partial charge is 0.0242 e. The Morgan fingerprint density at radius 3 is 2.25 bits per heavy atom. The fourth-order valence-electron chi connectivity index (χ4n) is 6.96. The minimum absolute atomic E-state index is 0.422. The Morgan fingerprint density at radius 1 is 0.925 bits per heavy atom. The minimum atomic E-state index is 0.422. The van der Waals surface area contributed by atoms with E-state index in [9.17, 15) is 0 Å². The first-order valence-corrected chi connectivity index (χ1v) is 15.3. The van der Waals surface area contributed by atoms with E-state index in [1.54, 1.807) is 0 Å². The van der Waals surface area contributed by atoms with Gasteiger partial charge in [0.1, 0.15) is 0 Å². The Bertz CT molecular complexity index is 1380. The summed E-state index contributed by atoms with van der Waals surface area (Å²) in [4.78, 5) is 0. The summed E-state index contributed by atoms with van der Waals surface area (Å²) in [6.45, 7) is 9.26. The third-order valence-electron chi connectivity index (χ3n) is 9.29. The number of terminal acetylenes is 1. The van der Waals surface area contributed by atoms with Crippen LogP contribution in [0.25, 0.3) is 5.57 Å². The molecule has 0 nitrogen and oxygen atoms in total. The van der Waals surface area contributed by atoms with Gasteiger partial charge in [-0.15, -0.1) is 6.42 Å². The van der Waals surface area contributed by atoms with Crippen molar-refractivity contribution >= 4 is 5.57 Å². The minimum Gasteiger partial charge on any atom is -0.115 e. The molecular weight excluding hydrogens is 480 g/mol. The largest absolute Gasteiger partial charge is 0.115 e. The van der Waals surface area contributed by atoms with Gasteiger partial charge in [-0.2, -0.15) is 0 Å². The fourth-order valence-corrected chi connectivity index (χ4v) is 6.96. The van der Waals surface area contributed by atoms with E-state index >= 15 is 0 Å². The second-order valence-corrected chi connectivity index (χ2v) is 12.0. The van der Waals surface area contributed by atoms with Crippen LogP contribution in [-0.2, 0) is 19.3 Å². The van der Waals surface area contributed by atoms with Crippen molar-refractivity contribution in [1.82, 2.24) is 0 Å². The predicted octanol–water partition coefficient (Wildman–Crippen LogP) is 10.1. The van der Waals surface area contributed by atoms with E-state index in [0.29, 0.717) is 17.8 Å². The zero-order chi connectivity index (χ0) is 27.9. The van der Waals surface area contributed by atoms with Gasteiger partial charge in [-0.3, -0.25) is 0 Å². The van der Waals surface area contributed by atoms with Crippen LogP contribution < -0.4 is 0 Å². The highest BCUT2D eigenvalue weighted by atomic mass is 14.3. The van der Waals surface area contributed by atoms with Crippen LogP contribution in [0, 0.1) is 30.1 Å². The summed E-state index contributed by atoms with van der Waals surface area (Å²) in [7, 11) is 0. The first-order valence-electron chi connectivity index (χ1n) is 15.3. The first-order chi connectivity index (χ1) is 19.5. The Kier molecular flexibility index (Phi) is 9.23. The molecule has 0 heteroatoms. The van der Waals surface area contributed by atoms with Crippen molar-refractivity contribution in [2.45, 2.75) is 71.1 Å². The zero-order valence-electron chi connectivity index (χ0n) is 24.4. The lowest BCUT2D eigenvalue weighted by Gasteiger charge is -2.36. The Labute approximate surface area is 242 Å². The summed E-state index contributed by atoms with van der Waals surface area (Å²) < 4.78 is 0. The Balaban J connectivity index is 1.30. The number of allylic oxidation sites excluding steroid dienone is 5. The van der Waals surface area contributed by atoms with Crippen molar-refractivity contribution < 1.29 is 0 Å². The van der Waals surface area contributed by atoms with Crippen LogP contribution >= 0.6 is 0 Å². The van der Waals surface area contributed by atoms with Gasteiger partial charge in [0.25, 0.3) is 0 Å². The van der Waals surface area contributed by atoms with Crippen molar-refractivity contribution in [2.24, 2.45) is 17.8 Å². The molecule has 5 rings (SSSR count). The van der Waals surface area contributed by atoms with E-state index in [4.69, 9.17) is 13.0 Å². The third kappa shape index (κ3) is 6.77. The van der Waals surface area contributed by atoms with Crippen LogP contribution in [0.15, 0.2) is 103 Å². The average molecular weight is 525 g/mol. The van der Waals surface area contributed by atoms with Crippen LogP contribution in [0.4, 0.5) is 0 Å². The van der Waals surface area contributed by atoms with Crippen molar-refractivity contribution in [3.63, 3.8) is 0 Å². The molecule has 0 aromatic heterocycles. The lowest BCUT2D eigenvalue weighted by atomic mass is 9.69. The highest BCUT2D eigenvalue weighted by Gasteiger charge is 2.30. The summed E-state index contributed by atoms with van der Waals surface area (Å²) in [5, 5.41) is 0. The molecule has 0 spiro atoms. The molecule has 204 valence electrons. The van der Waals surface area contributed by atoms with Gasteiger partial charge in [0.15, 0.2) is 0 Å². The number of rotatable bonds is 10. The molecule has 3 aromatic carbocycles. The highest BCUT2D eigenvalue weighted by molar-refractivity contribution is 5.76. The molecule has 0 N–H and O–H groups in total. The molecule has 0 bridgehead atoms. The molecule has 0 aliphatic heterocycles. The average Bonchev–Trinajstić information content (AvgIpc) is 3.44. The third-order valence-corrected chi connectivity index (χ3v) is 9.29. The molecule has 1 fully saturated rings. The van der Waals surface area contributed by atoms with Crippen LogP contribution in [0.1, 0.15) is 85.3 Å². The predicted molar refractivity (Wildman–Crippen MR) is 172 cm³/mol. The fraction of sp³-hybridized carbons (Fsp3) is 0.350. The van der Waals surface area contributed by atoms with Crippen LogP contribution in [0.2, 0.25) is 0 Å². The highest BCUT2D eigenvalue weighted by Crippen LogP contribution is 2.44. The molecule has 0 amide bonds. The maximum atomic E-state index is 5.55. The van der Waals surface area contributed by atoms with E-state index < -0.39 is 0 Å². The molecule has 2 unspecified atom stereocenters. The van der Waals surface area contributed by atoms with Crippen LogP contribution in [0.3, 0.4) is 0 Å². The molecule has 0 heterocycles. The molecule has 3 aromatic rings. The molecule has 1 saturated carbocycles. The van der Waals surface area contributed by atoms with Gasteiger partial charge in [0, 0.05) is 11.5 Å². The molecule has 2 aliphatic carbocycles. The van der Waals surface area contributed by atoms with E-state index in [1.807, 2.05) is 0 Å². The Morgan fingerprint density at radius 2 is 1.62 bits per heavy atom. The van der Waals surface area contributed by atoms with E-state index in [2.05, 4.69) is 111 Å². The Hall–Kier alpha value is -3.56. The second-order valence-electron chi connectivity index (χ2n) is 12.0. The lowest BCUT2D eigenvalue weighted by molar-refractivity contribution is 0.252. The topological polar surface area (TPSA) is 0 Å². The van der Waals surface area contributed by atoms with Crippen molar-refractivity contribution in [1.29, 1.82) is 0 Å². The van der Waals surface area contributed by atoms with Crippen LogP contribution in [0.5, 0.6) is 0 Å². The first kappa shape index (κ1) is 28.0. The summed E-state index contributed by atoms with van der Waals surface area (Å²) >= 11 is 0. The van der Waals surface area contributed by atoms with Crippen molar-refractivity contribution in [3.8, 4) is 12.3 Å². The van der Waals surface area contributed by atoms with E-state index in [1.165, 1.54) is 64.6 Å². The monoisotopic (exact) mass is 524 g/mol. The molecule has 2 aliphatic rings. The molecular formula is C40H44. The van der Waals surface area contributed by atoms with Gasteiger partial charge in [-0.1, -0.05) is 111 Å². The molecule has 0 saturated heterocycles. The normalized spacial score (nSPS) is 21.0. The summed E-state index contributed by atoms with van der Waals surface area (Å²) in [5.74, 6) is 5.10. The molecule has 2 atom stereocenters. The zero-order valence-corrected chi connectivity index (χ0v) is 24.4. The van der Waals surface area contributed by atoms with Gasteiger partial charge in [-0.05, 0) is 115 Å². The number of hydrogen-bond donors (Lipinski definition) is 0. The summed E-state index contributed by atoms with van der Waals surface area (Å²) in [5.41, 5.74) is 10.9. The maximum absolute atomic E-state index is 5.55. The van der Waals surface area contributed by atoms with E-state index in [0.717, 1.165) is 37.2 Å². The molecule has 40 heavy (non-hydrogen) atoms. The van der Waals surface area contributed by atoms with Gasteiger partial charge < -0.3 is 0 Å². The van der Waals surface area contributed by atoms with Gasteiger partial charge in [-0.25, -0.2) is 0 Å². The van der Waals surface area contributed by atoms with Gasteiger partial charge in [0.05, 0.1) is 0 Å². The summed E-state index contributed by atoms with van der Waals surface area (Å²) in [6, 6.07) is 27.0. The standard InChI is InChI=1S/C40H44/c1-5-31-13-15-32(16-14-31)28-33-17-21-37(22-18-33)40(30(4)12-20-35-10-8-7-9-34(35)6-2)38-25-23-36(24-26-38)39-19-11-29(3)27-39/h1,7-11,13-16,19,23-27,29,33,37,40H,4,6,12,17-18,20-22,28H2,2-3H3. The lowest BCUT2D eigenvalue weighted by Crippen LogP contribution is -2.23. The summed E-state index contributed by atoms with van der Waals surface area (Å²) in [6.07, 6.45) is 22.0. The number of benzene rings is 3. The van der Waals surface area contributed by atoms with Gasteiger partial charge in [0.2, 0.25) is 0 Å². The van der Waals surface area contributed by atoms with Crippen molar-refractivity contribution in [3.05, 3.63) is 137 Å². The maximum Gasteiger partial charge on any atom is 0.0242 e. The van der Waals surface area contributed by atoms with Gasteiger partial charge >= 0.3 is 0 Å². The van der Waals surface area contributed by atoms with Crippen LogP contribution in [-0.4, -0.2) is 0 Å².